The average molecular weight is 280 g/mol. The smallest absolute Gasteiger partial charge is 0.255 e. The molecule has 0 amide bonds. The van der Waals surface area contributed by atoms with Gasteiger partial charge in [-0.1, -0.05) is 13.8 Å². The third-order valence-corrected chi connectivity index (χ3v) is 3.56. The highest BCUT2D eigenvalue weighted by atomic mass is 16.1. The molecule has 1 unspecified atom stereocenters. The summed E-state index contributed by atoms with van der Waals surface area (Å²) in [6, 6.07) is 0.0205. The minimum Gasteiger partial charge on any atom is -0.310 e. The topological polar surface area (TPSA) is 61.0 Å². The third kappa shape index (κ3) is 4.72. The second kappa shape index (κ2) is 8.17. The van der Waals surface area contributed by atoms with Gasteiger partial charge >= 0.3 is 0 Å². The highest BCUT2D eigenvalue weighted by Crippen LogP contribution is 2.10. The van der Waals surface area contributed by atoms with Crippen LogP contribution in [0.2, 0.25) is 0 Å². The van der Waals surface area contributed by atoms with E-state index in [2.05, 4.69) is 34.0 Å². The summed E-state index contributed by atoms with van der Waals surface area (Å²) in [6.07, 6.45) is 1.17. The van der Waals surface area contributed by atoms with Crippen molar-refractivity contribution in [1.29, 1.82) is 0 Å². The average Bonchev–Trinajstić information content (AvgIpc) is 2.36. The minimum atomic E-state index is -0.0316. The molecule has 1 aromatic heterocycles. The van der Waals surface area contributed by atoms with Crippen molar-refractivity contribution >= 4 is 0 Å². The van der Waals surface area contributed by atoms with Gasteiger partial charge in [0.25, 0.3) is 5.56 Å². The maximum absolute atomic E-state index is 12.0. The molecule has 1 rings (SSSR count). The van der Waals surface area contributed by atoms with E-state index in [0.717, 1.165) is 37.4 Å². The minimum absolute atomic E-state index is 0.0205. The Balaban J connectivity index is 2.59. The summed E-state index contributed by atoms with van der Waals surface area (Å²) >= 11 is 0. The molecule has 0 saturated carbocycles. The molecule has 0 aliphatic rings. The fraction of sp³-hybridized carbons (Fsp3) is 0.733. The number of nitrogens with zero attached hydrogens (tertiary/aromatic N) is 2. The van der Waals surface area contributed by atoms with E-state index in [0.29, 0.717) is 5.82 Å². The molecule has 0 saturated heterocycles. The van der Waals surface area contributed by atoms with E-state index in [9.17, 15) is 4.79 Å². The summed E-state index contributed by atoms with van der Waals surface area (Å²) in [5.41, 5.74) is 1.53. The van der Waals surface area contributed by atoms with Gasteiger partial charge in [0.05, 0.1) is 5.56 Å². The summed E-state index contributed by atoms with van der Waals surface area (Å²) in [4.78, 5) is 21.5. The van der Waals surface area contributed by atoms with Gasteiger partial charge in [-0.3, -0.25) is 4.79 Å². The van der Waals surface area contributed by atoms with Crippen molar-refractivity contribution in [2.24, 2.45) is 0 Å². The number of hydrogen-bond donors (Lipinski definition) is 2. The third-order valence-electron chi connectivity index (χ3n) is 3.56. The van der Waals surface area contributed by atoms with Gasteiger partial charge in [-0.15, -0.1) is 0 Å². The van der Waals surface area contributed by atoms with E-state index < -0.39 is 0 Å². The van der Waals surface area contributed by atoms with Gasteiger partial charge in [-0.2, -0.15) is 0 Å². The molecule has 0 aromatic carbocycles. The van der Waals surface area contributed by atoms with Crippen molar-refractivity contribution in [3.63, 3.8) is 0 Å². The Labute approximate surface area is 121 Å². The zero-order valence-electron chi connectivity index (χ0n) is 13.4. The zero-order valence-corrected chi connectivity index (χ0v) is 13.4. The lowest BCUT2D eigenvalue weighted by atomic mass is 10.1. The first kappa shape index (κ1) is 16.9. The standard InChI is InChI=1S/C15H28N4O/c1-6-9-19(7-2)10-8-16-11(3)14-12(4)17-13(5)18-15(14)20/h11,16H,6-10H2,1-5H3,(H,17,18,20). The molecule has 0 aliphatic heterocycles. The fourth-order valence-corrected chi connectivity index (χ4v) is 2.53. The first-order chi connectivity index (χ1) is 9.49. The second-order valence-corrected chi connectivity index (χ2v) is 5.26. The number of nitrogens with one attached hydrogen (secondary N) is 2. The van der Waals surface area contributed by atoms with Gasteiger partial charge in [-0.25, -0.2) is 4.98 Å². The number of aromatic nitrogens is 2. The Morgan fingerprint density at radius 3 is 2.55 bits per heavy atom. The molecule has 114 valence electrons. The summed E-state index contributed by atoms with van der Waals surface area (Å²) in [5, 5.41) is 3.42. The summed E-state index contributed by atoms with van der Waals surface area (Å²) in [7, 11) is 0. The van der Waals surface area contributed by atoms with E-state index in [4.69, 9.17) is 0 Å². The largest absolute Gasteiger partial charge is 0.310 e. The van der Waals surface area contributed by atoms with Gasteiger partial charge in [0, 0.05) is 24.8 Å². The Hall–Kier alpha value is -1.20. The van der Waals surface area contributed by atoms with Crippen LogP contribution in [-0.2, 0) is 0 Å². The van der Waals surface area contributed by atoms with Crippen molar-refractivity contribution in [2.45, 2.75) is 47.1 Å². The number of H-pyrrole nitrogens is 1. The van der Waals surface area contributed by atoms with Gasteiger partial charge in [-0.05, 0) is 40.3 Å². The first-order valence-corrected chi connectivity index (χ1v) is 7.52. The second-order valence-electron chi connectivity index (χ2n) is 5.26. The number of rotatable bonds is 8. The van der Waals surface area contributed by atoms with E-state index in [1.807, 2.05) is 13.8 Å². The maximum Gasteiger partial charge on any atom is 0.255 e. The van der Waals surface area contributed by atoms with Crippen LogP contribution in [0.15, 0.2) is 4.79 Å². The molecule has 5 nitrogen and oxygen atoms in total. The quantitative estimate of drug-likeness (QED) is 0.762. The van der Waals surface area contributed by atoms with Crippen molar-refractivity contribution in [2.75, 3.05) is 26.2 Å². The summed E-state index contributed by atoms with van der Waals surface area (Å²) in [5.74, 6) is 0.670. The normalized spacial score (nSPS) is 12.9. The summed E-state index contributed by atoms with van der Waals surface area (Å²) < 4.78 is 0. The predicted molar refractivity (Wildman–Crippen MR) is 83.2 cm³/mol. The Morgan fingerprint density at radius 2 is 2.00 bits per heavy atom. The van der Waals surface area contributed by atoms with Gasteiger partial charge in [0.15, 0.2) is 0 Å². The zero-order chi connectivity index (χ0) is 15.1. The highest BCUT2D eigenvalue weighted by Gasteiger charge is 2.14. The molecule has 0 spiro atoms. The first-order valence-electron chi connectivity index (χ1n) is 7.52. The molecule has 1 heterocycles. The molecule has 0 radical (unpaired) electrons. The monoisotopic (exact) mass is 280 g/mol. The predicted octanol–water partition coefficient (Wildman–Crippen LogP) is 1.77. The van der Waals surface area contributed by atoms with Crippen LogP contribution in [0.25, 0.3) is 0 Å². The van der Waals surface area contributed by atoms with E-state index >= 15 is 0 Å². The number of aromatic amines is 1. The van der Waals surface area contributed by atoms with Crippen LogP contribution in [-0.4, -0.2) is 41.0 Å². The van der Waals surface area contributed by atoms with Crippen molar-refractivity contribution < 1.29 is 0 Å². The maximum atomic E-state index is 12.0. The Kier molecular flexibility index (Phi) is 6.88. The molecule has 0 fully saturated rings. The molecule has 1 aromatic rings. The Morgan fingerprint density at radius 1 is 1.30 bits per heavy atom. The van der Waals surface area contributed by atoms with Crippen LogP contribution in [0.3, 0.4) is 0 Å². The lowest BCUT2D eigenvalue weighted by Gasteiger charge is -2.21. The van der Waals surface area contributed by atoms with Crippen LogP contribution < -0.4 is 10.9 Å². The number of likely N-dealkylation sites (N-methyl/N-ethyl adjacent to an activating group) is 1. The molecular weight excluding hydrogens is 252 g/mol. The fourth-order valence-electron chi connectivity index (χ4n) is 2.53. The number of aryl methyl sites for hydroxylation is 2. The van der Waals surface area contributed by atoms with Crippen LogP contribution in [0, 0.1) is 13.8 Å². The van der Waals surface area contributed by atoms with Crippen LogP contribution >= 0.6 is 0 Å². The molecule has 2 N–H and O–H groups in total. The van der Waals surface area contributed by atoms with E-state index in [-0.39, 0.29) is 11.6 Å². The lowest BCUT2D eigenvalue weighted by Crippen LogP contribution is -2.35. The molecule has 0 aliphatic carbocycles. The van der Waals surface area contributed by atoms with Crippen molar-refractivity contribution in [3.8, 4) is 0 Å². The molecular formula is C15H28N4O. The van der Waals surface area contributed by atoms with Gasteiger partial charge in [0.1, 0.15) is 5.82 Å². The van der Waals surface area contributed by atoms with E-state index in [1.165, 1.54) is 6.42 Å². The molecule has 5 heteroatoms. The molecule has 1 atom stereocenters. The van der Waals surface area contributed by atoms with Crippen molar-refractivity contribution in [1.82, 2.24) is 20.2 Å². The molecule has 0 bridgehead atoms. The summed E-state index contributed by atoms with van der Waals surface area (Å²) in [6.45, 7) is 14.2. The SMILES string of the molecule is CCCN(CC)CCNC(C)c1c(C)nc(C)[nH]c1=O. The molecule has 20 heavy (non-hydrogen) atoms. The van der Waals surface area contributed by atoms with E-state index in [1.54, 1.807) is 6.92 Å². The van der Waals surface area contributed by atoms with Crippen LogP contribution in [0.4, 0.5) is 0 Å². The van der Waals surface area contributed by atoms with Crippen LogP contribution in [0.1, 0.15) is 50.3 Å². The van der Waals surface area contributed by atoms with Crippen molar-refractivity contribution in [3.05, 3.63) is 27.4 Å². The lowest BCUT2D eigenvalue weighted by molar-refractivity contribution is 0.283. The Bertz CT molecular complexity index is 469. The van der Waals surface area contributed by atoms with Gasteiger partial charge < -0.3 is 15.2 Å². The van der Waals surface area contributed by atoms with Gasteiger partial charge in [0.2, 0.25) is 0 Å². The number of hydrogen-bond acceptors (Lipinski definition) is 4. The van der Waals surface area contributed by atoms with Crippen LogP contribution in [0.5, 0.6) is 0 Å². The highest BCUT2D eigenvalue weighted by molar-refractivity contribution is 5.19.